The Morgan fingerprint density at radius 1 is 1.32 bits per heavy atom. The topological polar surface area (TPSA) is 70.6 Å². The Morgan fingerprint density at radius 3 is 2.37 bits per heavy atom. The molecule has 3 N–H and O–H groups in total. The van der Waals surface area contributed by atoms with E-state index in [4.69, 9.17) is 4.74 Å². The number of aliphatic hydroxyl groups excluding tert-OH is 1. The van der Waals surface area contributed by atoms with Gasteiger partial charge in [0, 0.05) is 31.7 Å². The Hall–Kier alpha value is -0.810. The van der Waals surface area contributed by atoms with E-state index in [2.05, 4.69) is 10.6 Å². The number of rotatable bonds is 8. The smallest absolute Gasteiger partial charge is 0.315 e. The molecule has 0 rings (SSSR count). The van der Waals surface area contributed by atoms with Crippen molar-refractivity contribution in [3.05, 3.63) is 0 Å². The van der Waals surface area contributed by atoms with Gasteiger partial charge in [0.2, 0.25) is 0 Å². The zero-order valence-electron chi connectivity index (χ0n) is 13.1. The lowest BCUT2D eigenvalue weighted by atomic mass is 9.81. The molecule has 0 aliphatic rings. The van der Waals surface area contributed by atoms with Crippen molar-refractivity contribution in [2.45, 2.75) is 53.2 Å². The van der Waals surface area contributed by atoms with Crippen molar-refractivity contribution in [1.29, 1.82) is 0 Å². The first kappa shape index (κ1) is 18.2. The molecule has 0 heterocycles. The SMILES string of the molecule is COCCC(C)NC(=O)NCC(C)(C)C(O)C(C)C. The quantitative estimate of drug-likeness (QED) is 0.631. The predicted molar refractivity (Wildman–Crippen MR) is 77.1 cm³/mol. The molecular formula is C14H30N2O3. The van der Waals surface area contributed by atoms with Crippen molar-refractivity contribution in [2.24, 2.45) is 11.3 Å². The van der Waals surface area contributed by atoms with Gasteiger partial charge in [0.1, 0.15) is 0 Å². The minimum atomic E-state index is -0.446. The zero-order valence-corrected chi connectivity index (χ0v) is 13.1. The Morgan fingerprint density at radius 2 is 1.89 bits per heavy atom. The summed E-state index contributed by atoms with van der Waals surface area (Å²) in [6.45, 7) is 10.8. The average Bonchev–Trinajstić information content (AvgIpc) is 2.32. The highest BCUT2D eigenvalue weighted by atomic mass is 16.5. The molecular weight excluding hydrogens is 244 g/mol. The van der Waals surface area contributed by atoms with Gasteiger partial charge in [0.05, 0.1) is 6.10 Å². The summed E-state index contributed by atoms with van der Waals surface area (Å²) in [5, 5.41) is 15.7. The molecule has 2 unspecified atom stereocenters. The van der Waals surface area contributed by atoms with Crippen LogP contribution in [0.2, 0.25) is 0 Å². The second kappa shape index (κ2) is 8.38. The first-order valence-corrected chi connectivity index (χ1v) is 6.92. The van der Waals surface area contributed by atoms with E-state index in [1.54, 1.807) is 7.11 Å². The minimum Gasteiger partial charge on any atom is -0.392 e. The fraction of sp³-hybridized carbons (Fsp3) is 0.929. The van der Waals surface area contributed by atoms with Gasteiger partial charge < -0.3 is 20.5 Å². The molecule has 0 aromatic carbocycles. The summed E-state index contributed by atoms with van der Waals surface area (Å²) in [4.78, 5) is 11.7. The maximum absolute atomic E-state index is 11.7. The van der Waals surface area contributed by atoms with Gasteiger partial charge in [-0.15, -0.1) is 0 Å². The molecule has 0 aliphatic heterocycles. The number of urea groups is 1. The number of amides is 2. The molecule has 0 bridgehead atoms. The van der Waals surface area contributed by atoms with E-state index in [0.29, 0.717) is 13.2 Å². The van der Waals surface area contributed by atoms with Crippen LogP contribution in [0.4, 0.5) is 4.79 Å². The molecule has 2 amide bonds. The van der Waals surface area contributed by atoms with Crippen molar-refractivity contribution in [3.8, 4) is 0 Å². The third-order valence-electron chi connectivity index (χ3n) is 3.27. The minimum absolute atomic E-state index is 0.0677. The molecule has 0 saturated heterocycles. The molecule has 0 aromatic heterocycles. The molecule has 114 valence electrons. The monoisotopic (exact) mass is 274 g/mol. The molecule has 0 saturated carbocycles. The normalized spacial score (nSPS) is 15.2. The fourth-order valence-electron chi connectivity index (χ4n) is 1.96. The van der Waals surface area contributed by atoms with Crippen LogP contribution in [0.25, 0.3) is 0 Å². The van der Waals surface area contributed by atoms with E-state index in [1.807, 2.05) is 34.6 Å². The van der Waals surface area contributed by atoms with Gasteiger partial charge in [0.15, 0.2) is 0 Å². The fourth-order valence-corrected chi connectivity index (χ4v) is 1.96. The summed E-state index contributed by atoms with van der Waals surface area (Å²) in [5.74, 6) is 0.167. The number of aliphatic hydroxyl groups is 1. The van der Waals surface area contributed by atoms with Crippen LogP contribution in [-0.4, -0.2) is 43.5 Å². The van der Waals surface area contributed by atoms with Crippen LogP contribution in [0.1, 0.15) is 41.0 Å². The highest BCUT2D eigenvalue weighted by Gasteiger charge is 2.30. The molecule has 0 fully saturated rings. The molecule has 5 nitrogen and oxygen atoms in total. The maximum atomic E-state index is 11.7. The number of ether oxygens (including phenoxy) is 1. The number of methoxy groups -OCH3 is 1. The van der Waals surface area contributed by atoms with Crippen LogP contribution in [-0.2, 0) is 4.74 Å². The second-order valence-electron chi connectivity index (χ2n) is 6.19. The van der Waals surface area contributed by atoms with E-state index in [1.165, 1.54) is 0 Å². The van der Waals surface area contributed by atoms with E-state index >= 15 is 0 Å². The summed E-state index contributed by atoms with van der Waals surface area (Å²) >= 11 is 0. The highest BCUT2D eigenvalue weighted by molar-refractivity contribution is 5.74. The lowest BCUT2D eigenvalue weighted by molar-refractivity contribution is 0.0151. The molecule has 0 spiro atoms. The summed E-state index contributed by atoms with van der Waals surface area (Å²) < 4.78 is 4.96. The van der Waals surface area contributed by atoms with Gasteiger partial charge in [-0.2, -0.15) is 0 Å². The van der Waals surface area contributed by atoms with Crippen LogP contribution in [0.15, 0.2) is 0 Å². The van der Waals surface area contributed by atoms with Gasteiger partial charge in [-0.25, -0.2) is 4.79 Å². The largest absolute Gasteiger partial charge is 0.392 e. The lowest BCUT2D eigenvalue weighted by Gasteiger charge is -2.33. The zero-order chi connectivity index (χ0) is 15.1. The Kier molecular flexibility index (Phi) is 8.02. The Balaban J connectivity index is 4.08. The summed E-state index contributed by atoms with van der Waals surface area (Å²) in [6.07, 6.45) is 0.334. The molecule has 0 radical (unpaired) electrons. The van der Waals surface area contributed by atoms with Crippen LogP contribution in [0.3, 0.4) is 0 Å². The van der Waals surface area contributed by atoms with Crippen LogP contribution < -0.4 is 10.6 Å². The van der Waals surface area contributed by atoms with E-state index in [-0.39, 0.29) is 23.4 Å². The van der Waals surface area contributed by atoms with Crippen molar-refractivity contribution < 1.29 is 14.6 Å². The van der Waals surface area contributed by atoms with Gasteiger partial charge >= 0.3 is 6.03 Å². The van der Waals surface area contributed by atoms with Crippen molar-refractivity contribution >= 4 is 6.03 Å². The number of hydrogen-bond donors (Lipinski definition) is 3. The van der Waals surface area contributed by atoms with Crippen LogP contribution in [0, 0.1) is 11.3 Å². The predicted octanol–water partition coefficient (Wildman–Crippen LogP) is 1.75. The molecule has 19 heavy (non-hydrogen) atoms. The highest BCUT2D eigenvalue weighted by Crippen LogP contribution is 2.24. The summed E-state index contributed by atoms with van der Waals surface area (Å²) in [5.41, 5.74) is -0.346. The average molecular weight is 274 g/mol. The molecule has 0 aromatic rings. The first-order chi connectivity index (χ1) is 8.70. The summed E-state index contributed by atoms with van der Waals surface area (Å²) in [6, 6.07) is -0.134. The van der Waals surface area contributed by atoms with Gasteiger partial charge in [-0.3, -0.25) is 0 Å². The van der Waals surface area contributed by atoms with Crippen LogP contribution >= 0.6 is 0 Å². The van der Waals surface area contributed by atoms with E-state index in [9.17, 15) is 9.90 Å². The van der Waals surface area contributed by atoms with Crippen molar-refractivity contribution in [2.75, 3.05) is 20.3 Å². The third-order valence-corrected chi connectivity index (χ3v) is 3.27. The standard InChI is InChI=1S/C14H30N2O3/c1-10(2)12(17)14(4,5)9-15-13(18)16-11(3)7-8-19-6/h10-12,17H,7-9H2,1-6H3,(H2,15,16,18). The van der Waals surface area contributed by atoms with E-state index < -0.39 is 6.10 Å². The lowest BCUT2D eigenvalue weighted by Crippen LogP contribution is -2.48. The number of nitrogens with one attached hydrogen (secondary N) is 2. The maximum Gasteiger partial charge on any atom is 0.315 e. The number of carbonyl (C=O) groups excluding carboxylic acids is 1. The summed E-state index contributed by atoms with van der Waals surface area (Å²) in [7, 11) is 1.64. The van der Waals surface area contributed by atoms with E-state index in [0.717, 1.165) is 6.42 Å². The van der Waals surface area contributed by atoms with Crippen LogP contribution in [0.5, 0.6) is 0 Å². The number of carbonyl (C=O) groups is 1. The van der Waals surface area contributed by atoms with Gasteiger partial charge in [-0.05, 0) is 19.3 Å². The number of hydrogen-bond acceptors (Lipinski definition) is 3. The second-order valence-corrected chi connectivity index (χ2v) is 6.19. The molecule has 0 aliphatic carbocycles. The third kappa shape index (κ3) is 7.38. The Bertz CT molecular complexity index is 267. The molecule has 5 heteroatoms. The molecule has 2 atom stereocenters. The van der Waals surface area contributed by atoms with Crippen molar-refractivity contribution in [1.82, 2.24) is 10.6 Å². The van der Waals surface area contributed by atoms with Gasteiger partial charge in [-0.1, -0.05) is 27.7 Å². The first-order valence-electron chi connectivity index (χ1n) is 6.92. The van der Waals surface area contributed by atoms with Gasteiger partial charge in [0.25, 0.3) is 0 Å². The Labute approximate surface area is 117 Å². The van der Waals surface area contributed by atoms with Crippen molar-refractivity contribution in [3.63, 3.8) is 0 Å².